The first kappa shape index (κ1) is 15.7. The standard InChI is InChI=1S/C18H17N5O/c1-11-7-13(10-19)5-6-14(11)15-9-17-20-16(18(24)22(3)4)8-12(2)23(17)21-15/h5-9H,1-4H3. The van der Waals surface area contributed by atoms with Crippen molar-refractivity contribution >= 4 is 11.6 Å². The number of hydrogen-bond donors (Lipinski definition) is 0. The van der Waals surface area contributed by atoms with Crippen LogP contribution in [0.3, 0.4) is 0 Å². The highest BCUT2D eigenvalue weighted by Crippen LogP contribution is 2.24. The predicted molar refractivity (Wildman–Crippen MR) is 90.6 cm³/mol. The van der Waals surface area contributed by atoms with Crippen LogP contribution >= 0.6 is 0 Å². The summed E-state index contributed by atoms with van der Waals surface area (Å²) in [6, 6.07) is 11.2. The molecule has 0 radical (unpaired) electrons. The van der Waals surface area contributed by atoms with Gasteiger partial charge >= 0.3 is 0 Å². The van der Waals surface area contributed by atoms with E-state index in [0.29, 0.717) is 16.9 Å². The number of aromatic nitrogens is 3. The van der Waals surface area contributed by atoms with E-state index >= 15 is 0 Å². The van der Waals surface area contributed by atoms with Crippen molar-refractivity contribution in [1.82, 2.24) is 19.5 Å². The van der Waals surface area contributed by atoms with E-state index in [4.69, 9.17) is 5.26 Å². The molecule has 0 saturated carbocycles. The molecule has 0 spiro atoms. The van der Waals surface area contributed by atoms with E-state index < -0.39 is 0 Å². The predicted octanol–water partition coefficient (Wildman–Crippen LogP) is 2.59. The van der Waals surface area contributed by atoms with Gasteiger partial charge in [-0.3, -0.25) is 4.79 Å². The van der Waals surface area contributed by atoms with Gasteiger partial charge in [0.15, 0.2) is 5.65 Å². The highest BCUT2D eigenvalue weighted by atomic mass is 16.2. The first-order chi connectivity index (χ1) is 11.4. The summed E-state index contributed by atoms with van der Waals surface area (Å²) in [5, 5.41) is 13.6. The fourth-order valence-electron chi connectivity index (χ4n) is 2.62. The molecule has 0 unspecified atom stereocenters. The second-order valence-electron chi connectivity index (χ2n) is 5.92. The van der Waals surface area contributed by atoms with Gasteiger partial charge in [-0.05, 0) is 37.6 Å². The Balaban J connectivity index is 2.14. The SMILES string of the molecule is Cc1cc(C#N)ccc1-c1cc2nc(C(=O)N(C)C)cc(C)n2n1. The monoisotopic (exact) mass is 319 g/mol. The van der Waals surface area contributed by atoms with Gasteiger partial charge in [0, 0.05) is 31.4 Å². The number of carbonyl (C=O) groups is 1. The lowest BCUT2D eigenvalue weighted by molar-refractivity contribution is 0.0822. The van der Waals surface area contributed by atoms with E-state index in [1.807, 2.05) is 32.0 Å². The average molecular weight is 319 g/mol. The molecule has 3 aromatic rings. The van der Waals surface area contributed by atoms with E-state index in [-0.39, 0.29) is 5.91 Å². The Morgan fingerprint density at radius 2 is 1.96 bits per heavy atom. The third-order valence-corrected chi connectivity index (χ3v) is 3.86. The molecule has 0 aliphatic rings. The molecule has 0 bridgehead atoms. The van der Waals surface area contributed by atoms with Crippen LogP contribution < -0.4 is 0 Å². The van der Waals surface area contributed by atoms with E-state index in [1.54, 1.807) is 30.7 Å². The number of aryl methyl sites for hydroxylation is 2. The molecule has 2 heterocycles. The highest BCUT2D eigenvalue weighted by molar-refractivity contribution is 5.92. The average Bonchev–Trinajstić information content (AvgIpc) is 2.98. The van der Waals surface area contributed by atoms with E-state index in [9.17, 15) is 4.79 Å². The maximum absolute atomic E-state index is 12.1. The topological polar surface area (TPSA) is 74.3 Å². The van der Waals surface area contributed by atoms with Gasteiger partial charge in [-0.1, -0.05) is 6.07 Å². The second kappa shape index (κ2) is 5.78. The van der Waals surface area contributed by atoms with Gasteiger partial charge in [0.05, 0.1) is 17.3 Å². The minimum absolute atomic E-state index is 0.141. The first-order valence-corrected chi connectivity index (χ1v) is 7.51. The lowest BCUT2D eigenvalue weighted by atomic mass is 10.0. The molecule has 6 nitrogen and oxygen atoms in total. The Hall–Kier alpha value is -3.20. The molecule has 1 amide bonds. The Bertz CT molecular complexity index is 995. The molecule has 0 atom stereocenters. The zero-order valence-corrected chi connectivity index (χ0v) is 14.0. The molecule has 6 heteroatoms. The number of rotatable bonds is 2. The molecule has 0 aliphatic heterocycles. The Morgan fingerprint density at radius 1 is 1.21 bits per heavy atom. The van der Waals surface area contributed by atoms with Crippen LogP contribution in [0, 0.1) is 25.2 Å². The van der Waals surface area contributed by atoms with Crippen molar-refractivity contribution in [2.45, 2.75) is 13.8 Å². The summed E-state index contributed by atoms with van der Waals surface area (Å²) in [4.78, 5) is 18.1. The van der Waals surface area contributed by atoms with Crippen LogP contribution in [0.15, 0.2) is 30.3 Å². The van der Waals surface area contributed by atoms with E-state index in [2.05, 4.69) is 16.2 Å². The fraction of sp³-hybridized carbons (Fsp3) is 0.222. The zero-order chi connectivity index (χ0) is 17.4. The number of amides is 1. The Kier molecular flexibility index (Phi) is 3.78. The minimum Gasteiger partial charge on any atom is -0.343 e. The number of nitrogens with zero attached hydrogens (tertiary/aromatic N) is 5. The quantitative estimate of drug-likeness (QED) is 0.727. The summed E-state index contributed by atoms with van der Waals surface area (Å²) in [6.45, 7) is 3.84. The van der Waals surface area contributed by atoms with Gasteiger partial charge in [-0.15, -0.1) is 0 Å². The van der Waals surface area contributed by atoms with Gasteiger partial charge < -0.3 is 4.90 Å². The minimum atomic E-state index is -0.141. The van der Waals surface area contributed by atoms with Crippen molar-refractivity contribution in [3.05, 3.63) is 52.8 Å². The first-order valence-electron chi connectivity index (χ1n) is 7.51. The number of carbonyl (C=O) groups excluding carboxylic acids is 1. The Labute approximate surface area is 140 Å². The fourth-order valence-corrected chi connectivity index (χ4v) is 2.62. The summed E-state index contributed by atoms with van der Waals surface area (Å²) < 4.78 is 1.72. The van der Waals surface area contributed by atoms with Crippen molar-refractivity contribution in [2.75, 3.05) is 14.1 Å². The molecule has 2 aromatic heterocycles. The van der Waals surface area contributed by atoms with Crippen LogP contribution in [0.25, 0.3) is 16.9 Å². The normalized spacial score (nSPS) is 10.6. The van der Waals surface area contributed by atoms with Gasteiger partial charge in [0.1, 0.15) is 5.69 Å². The maximum Gasteiger partial charge on any atom is 0.272 e. The van der Waals surface area contributed by atoms with Crippen LogP contribution in [0.2, 0.25) is 0 Å². The number of fused-ring (bicyclic) bond motifs is 1. The molecule has 24 heavy (non-hydrogen) atoms. The Morgan fingerprint density at radius 3 is 2.58 bits per heavy atom. The summed E-state index contributed by atoms with van der Waals surface area (Å²) in [5.74, 6) is -0.141. The molecule has 120 valence electrons. The van der Waals surface area contributed by atoms with Gasteiger partial charge in [-0.25, -0.2) is 9.50 Å². The molecular formula is C18H17N5O. The van der Waals surface area contributed by atoms with Crippen LogP contribution in [-0.2, 0) is 0 Å². The summed E-state index contributed by atoms with van der Waals surface area (Å²) >= 11 is 0. The molecule has 0 fully saturated rings. The number of hydrogen-bond acceptors (Lipinski definition) is 4. The molecule has 0 aliphatic carbocycles. The molecule has 1 aromatic carbocycles. The summed E-state index contributed by atoms with van der Waals surface area (Å²) in [5.41, 5.74) is 5.16. The third kappa shape index (κ3) is 2.61. The van der Waals surface area contributed by atoms with Crippen LogP contribution in [0.1, 0.15) is 27.3 Å². The lowest BCUT2D eigenvalue weighted by Crippen LogP contribution is -2.23. The molecular weight excluding hydrogens is 302 g/mol. The number of nitriles is 1. The van der Waals surface area contributed by atoms with Crippen molar-refractivity contribution < 1.29 is 4.79 Å². The van der Waals surface area contributed by atoms with Crippen molar-refractivity contribution in [1.29, 1.82) is 5.26 Å². The smallest absolute Gasteiger partial charge is 0.272 e. The van der Waals surface area contributed by atoms with E-state index in [1.165, 1.54) is 4.90 Å². The summed E-state index contributed by atoms with van der Waals surface area (Å²) in [7, 11) is 3.40. The van der Waals surface area contributed by atoms with Gasteiger partial charge in [0.25, 0.3) is 5.91 Å². The zero-order valence-electron chi connectivity index (χ0n) is 14.0. The van der Waals surface area contributed by atoms with Crippen LogP contribution in [0.5, 0.6) is 0 Å². The highest BCUT2D eigenvalue weighted by Gasteiger charge is 2.15. The molecule has 3 rings (SSSR count). The van der Waals surface area contributed by atoms with Gasteiger partial charge in [0.2, 0.25) is 0 Å². The van der Waals surface area contributed by atoms with E-state index in [0.717, 1.165) is 22.5 Å². The number of benzene rings is 1. The maximum atomic E-state index is 12.1. The third-order valence-electron chi connectivity index (χ3n) is 3.86. The summed E-state index contributed by atoms with van der Waals surface area (Å²) in [6.07, 6.45) is 0. The van der Waals surface area contributed by atoms with Gasteiger partial charge in [-0.2, -0.15) is 10.4 Å². The second-order valence-corrected chi connectivity index (χ2v) is 5.92. The van der Waals surface area contributed by atoms with Crippen molar-refractivity contribution in [3.63, 3.8) is 0 Å². The lowest BCUT2D eigenvalue weighted by Gasteiger charge is -2.10. The molecule has 0 N–H and O–H groups in total. The van der Waals surface area contributed by atoms with Crippen molar-refractivity contribution in [3.8, 4) is 17.3 Å². The van der Waals surface area contributed by atoms with Crippen molar-refractivity contribution in [2.24, 2.45) is 0 Å². The van der Waals surface area contributed by atoms with Crippen LogP contribution in [-0.4, -0.2) is 39.5 Å². The molecule has 0 saturated heterocycles. The van der Waals surface area contributed by atoms with Crippen LogP contribution in [0.4, 0.5) is 0 Å². The largest absolute Gasteiger partial charge is 0.343 e.